The average molecular weight is 243 g/mol. The molecule has 1 heterocycles. The number of fused-ring (bicyclic) bond motifs is 1. The van der Waals surface area contributed by atoms with Crippen LogP contribution in [0, 0.1) is 11.8 Å². The highest BCUT2D eigenvalue weighted by Gasteiger charge is 2.38. The molecule has 0 spiro atoms. The van der Waals surface area contributed by atoms with E-state index in [4.69, 9.17) is 10.7 Å². The predicted molar refractivity (Wildman–Crippen MR) is 74.4 cm³/mol. The Morgan fingerprint density at radius 3 is 2.83 bits per heavy atom. The number of para-hydroxylation sites is 2. The van der Waals surface area contributed by atoms with E-state index in [-0.39, 0.29) is 6.04 Å². The summed E-state index contributed by atoms with van der Waals surface area (Å²) >= 11 is 0. The summed E-state index contributed by atoms with van der Waals surface area (Å²) in [7, 11) is 0. The second-order valence-electron chi connectivity index (χ2n) is 5.51. The number of benzene rings is 1. The lowest BCUT2D eigenvalue weighted by Crippen LogP contribution is -2.27. The number of aromatic nitrogens is 2. The zero-order chi connectivity index (χ0) is 12.7. The molecule has 1 aromatic heterocycles. The van der Waals surface area contributed by atoms with Crippen molar-refractivity contribution in [3.63, 3.8) is 0 Å². The molecule has 3 heteroatoms. The van der Waals surface area contributed by atoms with Gasteiger partial charge >= 0.3 is 0 Å². The summed E-state index contributed by atoms with van der Waals surface area (Å²) in [5, 5.41) is 0. The van der Waals surface area contributed by atoms with E-state index in [0.717, 1.165) is 30.2 Å². The largest absolute Gasteiger partial charge is 0.328 e. The van der Waals surface area contributed by atoms with E-state index in [1.807, 2.05) is 6.07 Å². The van der Waals surface area contributed by atoms with E-state index in [2.05, 4.69) is 36.6 Å². The molecule has 0 saturated heterocycles. The first-order valence-corrected chi connectivity index (χ1v) is 6.90. The van der Waals surface area contributed by atoms with E-state index in [1.165, 1.54) is 11.9 Å². The lowest BCUT2D eigenvalue weighted by atomic mass is 10.1. The van der Waals surface area contributed by atoms with Gasteiger partial charge in [-0.05, 0) is 37.3 Å². The van der Waals surface area contributed by atoms with Crippen molar-refractivity contribution in [1.29, 1.82) is 0 Å². The molecule has 3 rings (SSSR count). The summed E-state index contributed by atoms with van der Waals surface area (Å²) < 4.78 is 2.29. The van der Waals surface area contributed by atoms with Gasteiger partial charge in [-0.2, -0.15) is 0 Å². The maximum Gasteiger partial charge on any atom is 0.111 e. The van der Waals surface area contributed by atoms with Crippen LogP contribution in [0.4, 0.5) is 0 Å². The molecule has 0 radical (unpaired) electrons. The molecular weight excluding hydrogens is 222 g/mol. The summed E-state index contributed by atoms with van der Waals surface area (Å²) in [5.41, 5.74) is 8.61. The van der Waals surface area contributed by atoms with Gasteiger partial charge in [0.2, 0.25) is 0 Å². The first-order valence-electron chi connectivity index (χ1n) is 6.90. The minimum Gasteiger partial charge on any atom is -0.328 e. The SMILES string of the molecule is CCn1c(CC(N)C2CC2C)nc2ccccc21. The standard InChI is InChI=1S/C15H21N3/c1-3-18-14-7-5-4-6-13(14)17-15(18)9-12(16)11-8-10(11)2/h4-7,10-12H,3,8-9,16H2,1-2H3. The summed E-state index contributed by atoms with van der Waals surface area (Å²) in [6.07, 6.45) is 2.19. The molecule has 3 nitrogen and oxygen atoms in total. The van der Waals surface area contributed by atoms with E-state index in [0.29, 0.717) is 5.92 Å². The fourth-order valence-electron chi connectivity index (χ4n) is 2.94. The Morgan fingerprint density at radius 1 is 1.44 bits per heavy atom. The third kappa shape index (κ3) is 1.93. The molecule has 18 heavy (non-hydrogen) atoms. The van der Waals surface area contributed by atoms with Gasteiger partial charge in [0.15, 0.2) is 0 Å². The molecule has 1 aliphatic carbocycles. The van der Waals surface area contributed by atoms with Gasteiger partial charge in [-0.25, -0.2) is 4.98 Å². The summed E-state index contributed by atoms with van der Waals surface area (Å²) in [6.45, 7) is 5.42. The zero-order valence-corrected chi connectivity index (χ0v) is 11.1. The van der Waals surface area contributed by atoms with Gasteiger partial charge in [-0.1, -0.05) is 19.1 Å². The summed E-state index contributed by atoms with van der Waals surface area (Å²) in [4.78, 5) is 4.74. The van der Waals surface area contributed by atoms with Crippen LogP contribution in [-0.4, -0.2) is 15.6 Å². The van der Waals surface area contributed by atoms with Crippen molar-refractivity contribution in [2.45, 2.75) is 39.3 Å². The number of rotatable bonds is 4. The minimum absolute atomic E-state index is 0.266. The fourth-order valence-corrected chi connectivity index (χ4v) is 2.94. The Hall–Kier alpha value is -1.35. The number of hydrogen-bond acceptors (Lipinski definition) is 2. The smallest absolute Gasteiger partial charge is 0.111 e. The molecule has 0 amide bonds. The Balaban J connectivity index is 1.91. The van der Waals surface area contributed by atoms with Crippen LogP contribution in [0.25, 0.3) is 11.0 Å². The van der Waals surface area contributed by atoms with Crippen molar-refractivity contribution in [3.8, 4) is 0 Å². The molecule has 2 aromatic rings. The lowest BCUT2D eigenvalue weighted by molar-refractivity contribution is 0.533. The highest BCUT2D eigenvalue weighted by molar-refractivity contribution is 5.75. The molecular formula is C15H21N3. The average Bonchev–Trinajstić information content (AvgIpc) is 3.00. The van der Waals surface area contributed by atoms with Crippen molar-refractivity contribution in [2.24, 2.45) is 17.6 Å². The van der Waals surface area contributed by atoms with Crippen molar-refractivity contribution < 1.29 is 0 Å². The third-order valence-corrected chi connectivity index (χ3v) is 4.19. The van der Waals surface area contributed by atoms with Crippen molar-refractivity contribution in [3.05, 3.63) is 30.1 Å². The molecule has 0 bridgehead atoms. The van der Waals surface area contributed by atoms with Gasteiger partial charge in [0, 0.05) is 19.0 Å². The Labute approximate surface area is 108 Å². The van der Waals surface area contributed by atoms with Gasteiger partial charge in [0.05, 0.1) is 11.0 Å². The van der Waals surface area contributed by atoms with Crippen LogP contribution in [0.5, 0.6) is 0 Å². The highest BCUT2D eigenvalue weighted by atomic mass is 15.1. The maximum absolute atomic E-state index is 6.29. The Kier molecular flexibility index (Phi) is 2.86. The van der Waals surface area contributed by atoms with Crippen molar-refractivity contribution >= 4 is 11.0 Å². The number of nitrogens with two attached hydrogens (primary N) is 1. The lowest BCUT2D eigenvalue weighted by Gasteiger charge is -2.12. The Bertz CT molecular complexity index is 558. The molecule has 1 aliphatic rings. The Morgan fingerprint density at radius 2 is 2.17 bits per heavy atom. The van der Waals surface area contributed by atoms with E-state index in [9.17, 15) is 0 Å². The number of imidazole rings is 1. The molecule has 1 fully saturated rings. The van der Waals surface area contributed by atoms with Gasteiger partial charge in [0.25, 0.3) is 0 Å². The normalized spacial score (nSPS) is 24.4. The third-order valence-electron chi connectivity index (χ3n) is 4.19. The topological polar surface area (TPSA) is 43.8 Å². The van der Waals surface area contributed by atoms with Gasteiger partial charge in [-0.15, -0.1) is 0 Å². The zero-order valence-electron chi connectivity index (χ0n) is 11.1. The van der Waals surface area contributed by atoms with Crippen LogP contribution in [0.3, 0.4) is 0 Å². The molecule has 3 unspecified atom stereocenters. The summed E-state index contributed by atoms with van der Waals surface area (Å²) in [6, 6.07) is 8.60. The number of hydrogen-bond donors (Lipinski definition) is 1. The van der Waals surface area contributed by atoms with Crippen molar-refractivity contribution in [1.82, 2.24) is 9.55 Å². The fraction of sp³-hybridized carbons (Fsp3) is 0.533. The second-order valence-corrected chi connectivity index (χ2v) is 5.51. The van der Waals surface area contributed by atoms with Crippen LogP contribution in [0.1, 0.15) is 26.1 Å². The minimum atomic E-state index is 0.266. The van der Waals surface area contributed by atoms with Crippen LogP contribution in [0.2, 0.25) is 0 Å². The van der Waals surface area contributed by atoms with Gasteiger partial charge in [0.1, 0.15) is 5.82 Å². The number of aryl methyl sites for hydroxylation is 1. The first kappa shape index (κ1) is 11.7. The molecule has 96 valence electrons. The molecule has 1 aromatic carbocycles. The second kappa shape index (κ2) is 4.39. The maximum atomic E-state index is 6.29. The van der Waals surface area contributed by atoms with E-state index in [1.54, 1.807) is 0 Å². The first-order chi connectivity index (χ1) is 8.70. The van der Waals surface area contributed by atoms with Crippen LogP contribution in [0.15, 0.2) is 24.3 Å². The highest BCUT2D eigenvalue weighted by Crippen LogP contribution is 2.40. The quantitative estimate of drug-likeness (QED) is 0.897. The monoisotopic (exact) mass is 243 g/mol. The molecule has 3 atom stereocenters. The molecule has 0 aliphatic heterocycles. The van der Waals surface area contributed by atoms with E-state index >= 15 is 0 Å². The van der Waals surface area contributed by atoms with Crippen LogP contribution in [-0.2, 0) is 13.0 Å². The van der Waals surface area contributed by atoms with Crippen LogP contribution < -0.4 is 5.73 Å². The van der Waals surface area contributed by atoms with Gasteiger partial charge in [-0.3, -0.25) is 0 Å². The number of nitrogens with zero attached hydrogens (tertiary/aromatic N) is 2. The van der Waals surface area contributed by atoms with E-state index < -0.39 is 0 Å². The molecule has 2 N–H and O–H groups in total. The summed E-state index contributed by atoms with van der Waals surface area (Å²) in [5.74, 6) is 2.65. The predicted octanol–water partition coefficient (Wildman–Crippen LogP) is 2.58. The van der Waals surface area contributed by atoms with Crippen molar-refractivity contribution in [2.75, 3.05) is 0 Å². The van der Waals surface area contributed by atoms with Crippen LogP contribution >= 0.6 is 0 Å². The molecule has 1 saturated carbocycles. The van der Waals surface area contributed by atoms with Gasteiger partial charge < -0.3 is 10.3 Å².